The second kappa shape index (κ2) is 13.5. The number of furan rings is 1. The average molecular weight is 334 g/mol. The smallest absolute Gasteiger partial charge is 0.371 e. The van der Waals surface area contributed by atoms with Gasteiger partial charge in [-0.25, -0.2) is 4.79 Å². The highest BCUT2D eigenvalue weighted by Crippen LogP contribution is 2.17. The summed E-state index contributed by atoms with van der Waals surface area (Å²) in [5, 5.41) is 8.74. The molecule has 0 aliphatic rings. The first kappa shape index (κ1) is 20.2. The molecule has 4 nitrogen and oxygen atoms in total. The summed E-state index contributed by atoms with van der Waals surface area (Å²) in [6, 6.07) is 2.96. The van der Waals surface area contributed by atoms with E-state index in [0.29, 0.717) is 6.61 Å². The van der Waals surface area contributed by atoms with Gasteiger partial charge in [0, 0.05) is 12.5 Å². The van der Waals surface area contributed by atoms with Crippen LogP contribution in [0.5, 0.6) is 5.95 Å². The monoisotopic (exact) mass is 334 g/mol. The fourth-order valence-corrected chi connectivity index (χ4v) is 2.61. The molecule has 0 saturated heterocycles. The van der Waals surface area contributed by atoms with Crippen molar-refractivity contribution in [2.75, 3.05) is 6.61 Å². The van der Waals surface area contributed by atoms with Crippen LogP contribution in [0.1, 0.15) is 87.6 Å². The minimum Gasteiger partial charge on any atom is -0.475 e. The first-order chi connectivity index (χ1) is 11.7. The molecule has 0 radical (unpaired) electrons. The molecule has 0 bridgehead atoms. The Morgan fingerprint density at radius 3 is 2.00 bits per heavy atom. The lowest BCUT2D eigenvalue weighted by Gasteiger charge is -2.04. The molecule has 0 aliphatic heterocycles. The van der Waals surface area contributed by atoms with Crippen LogP contribution in [0.2, 0.25) is 0 Å². The lowest BCUT2D eigenvalue weighted by atomic mass is 10.1. The van der Waals surface area contributed by atoms with E-state index in [0.717, 1.165) is 19.3 Å². The van der Waals surface area contributed by atoms with E-state index in [9.17, 15) is 4.79 Å². The van der Waals surface area contributed by atoms with Crippen molar-refractivity contribution in [3.63, 3.8) is 0 Å². The molecule has 0 amide bonds. The van der Waals surface area contributed by atoms with E-state index in [4.69, 9.17) is 20.7 Å². The van der Waals surface area contributed by atoms with Gasteiger partial charge < -0.3 is 14.3 Å². The molecule has 0 aliphatic carbocycles. The minimum atomic E-state index is -1.07. The van der Waals surface area contributed by atoms with E-state index >= 15 is 0 Å². The third-order valence-corrected chi connectivity index (χ3v) is 4.00. The maximum Gasteiger partial charge on any atom is 0.371 e. The number of aromatic carboxylic acids is 1. The van der Waals surface area contributed by atoms with E-state index in [-0.39, 0.29) is 11.7 Å². The molecular weight excluding hydrogens is 304 g/mol. The first-order valence-corrected chi connectivity index (χ1v) is 9.13. The van der Waals surface area contributed by atoms with Crippen molar-refractivity contribution in [2.45, 2.75) is 77.0 Å². The third-order valence-electron chi connectivity index (χ3n) is 4.00. The zero-order chi connectivity index (χ0) is 17.5. The number of hydrogen-bond donors (Lipinski definition) is 1. The van der Waals surface area contributed by atoms with E-state index in [1.807, 2.05) is 0 Å². The fraction of sp³-hybridized carbons (Fsp3) is 0.650. The number of carbonyl (C=O) groups is 1. The molecule has 134 valence electrons. The van der Waals surface area contributed by atoms with Crippen molar-refractivity contribution < 1.29 is 19.1 Å². The van der Waals surface area contributed by atoms with Crippen LogP contribution < -0.4 is 4.74 Å². The average Bonchev–Trinajstić information content (AvgIpc) is 3.04. The van der Waals surface area contributed by atoms with Crippen LogP contribution in [-0.2, 0) is 0 Å². The second-order valence-corrected chi connectivity index (χ2v) is 6.12. The van der Waals surface area contributed by atoms with Crippen LogP contribution in [0.15, 0.2) is 16.5 Å². The van der Waals surface area contributed by atoms with Crippen molar-refractivity contribution >= 4 is 5.97 Å². The molecule has 1 N–H and O–H groups in total. The SMILES string of the molecule is C#CCCCCCCCCCCCCCOc1ccc(C(=O)O)o1. The van der Waals surface area contributed by atoms with Crippen LogP contribution in [0.25, 0.3) is 0 Å². The van der Waals surface area contributed by atoms with Gasteiger partial charge in [-0.15, -0.1) is 12.3 Å². The molecule has 0 atom stereocenters. The predicted octanol–water partition coefficient (Wildman–Crippen LogP) is 5.67. The van der Waals surface area contributed by atoms with Crippen LogP contribution in [0.3, 0.4) is 0 Å². The van der Waals surface area contributed by atoms with Crippen LogP contribution >= 0.6 is 0 Å². The number of unbranched alkanes of at least 4 members (excludes halogenated alkanes) is 11. The van der Waals surface area contributed by atoms with Gasteiger partial charge in [0.2, 0.25) is 5.76 Å². The van der Waals surface area contributed by atoms with Gasteiger partial charge in [0.1, 0.15) is 0 Å². The zero-order valence-electron chi connectivity index (χ0n) is 14.6. The molecule has 0 aromatic carbocycles. The summed E-state index contributed by atoms with van der Waals surface area (Å²) in [6.45, 7) is 0.574. The molecule has 0 fully saturated rings. The number of carboxylic acid groups (broad SMARTS) is 1. The Morgan fingerprint density at radius 1 is 0.958 bits per heavy atom. The molecule has 1 heterocycles. The Balaban J connectivity index is 1.82. The summed E-state index contributed by atoms with van der Waals surface area (Å²) >= 11 is 0. The van der Waals surface area contributed by atoms with Crippen molar-refractivity contribution in [1.29, 1.82) is 0 Å². The van der Waals surface area contributed by atoms with E-state index in [2.05, 4.69) is 5.92 Å². The number of rotatable bonds is 15. The predicted molar refractivity (Wildman–Crippen MR) is 95.4 cm³/mol. The molecule has 1 aromatic heterocycles. The highest BCUT2D eigenvalue weighted by molar-refractivity contribution is 5.84. The lowest BCUT2D eigenvalue weighted by molar-refractivity contribution is 0.0653. The third kappa shape index (κ3) is 9.99. The van der Waals surface area contributed by atoms with Gasteiger partial charge in [-0.3, -0.25) is 0 Å². The van der Waals surface area contributed by atoms with Crippen molar-refractivity contribution in [3.8, 4) is 18.3 Å². The van der Waals surface area contributed by atoms with Gasteiger partial charge in [-0.1, -0.05) is 57.8 Å². The molecule has 4 heteroatoms. The van der Waals surface area contributed by atoms with Gasteiger partial charge in [0.05, 0.1) is 6.61 Å². The number of terminal acetylenes is 1. The summed E-state index contributed by atoms with van der Waals surface area (Å²) in [4.78, 5) is 10.7. The Hall–Kier alpha value is -1.89. The first-order valence-electron chi connectivity index (χ1n) is 9.13. The standard InChI is InChI=1S/C20H30O4/c1-2-3-4-5-6-7-8-9-10-11-12-13-14-17-23-19-16-15-18(24-19)20(21)22/h1,15-16H,3-14,17H2,(H,21,22). The van der Waals surface area contributed by atoms with Gasteiger partial charge in [0.25, 0.3) is 5.95 Å². The van der Waals surface area contributed by atoms with Gasteiger partial charge in [-0.2, -0.15) is 0 Å². The van der Waals surface area contributed by atoms with E-state index in [1.165, 1.54) is 63.9 Å². The Kier molecular flexibility index (Phi) is 11.4. The number of ether oxygens (including phenoxy) is 1. The maximum absolute atomic E-state index is 10.7. The molecule has 1 aromatic rings. The molecule has 0 spiro atoms. The maximum atomic E-state index is 10.7. The highest BCUT2D eigenvalue weighted by Gasteiger charge is 2.09. The van der Waals surface area contributed by atoms with E-state index in [1.54, 1.807) is 6.07 Å². The van der Waals surface area contributed by atoms with Crippen molar-refractivity contribution in [3.05, 3.63) is 17.9 Å². The summed E-state index contributed by atoms with van der Waals surface area (Å²) < 4.78 is 10.4. The summed E-state index contributed by atoms with van der Waals surface area (Å²) in [6.07, 6.45) is 19.8. The number of carboxylic acids is 1. The Labute approximate surface area is 145 Å². The molecule has 0 unspecified atom stereocenters. The number of hydrogen-bond acceptors (Lipinski definition) is 3. The molecular formula is C20H30O4. The fourth-order valence-electron chi connectivity index (χ4n) is 2.61. The van der Waals surface area contributed by atoms with E-state index < -0.39 is 5.97 Å². The van der Waals surface area contributed by atoms with Crippen LogP contribution in [-0.4, -0.2) is 17.7 Å². The van der Waals surface area contributed by atoms with Crippen LogP contribution in [0, 0.1) is 12.3 Å². The minimum absolute atomic E-state index is 0.0824. The Morgan fingerprint density at radius 2 is 1.50 bits per heavy atom. The largest absolute Gasteiger partial charge is 0.475 e. The normalized spacial score (nSPS) is 10.5. The summed E-state index contributed by atoms with van der Waals surface area (Å²) in [5.41, 5.74) is 0. The van der Waals surface area contributed by atoms with Gasteiger partial charge in [0.15, 0.2) is 0 Å². The quantitative estimate of drug-likeness (QED) is 0.331. The Bertz CT molecular complexity index is 484. The molecule has 1 rings (SSSR count). The molecule has 24 heavy (non-hydrogen) atoms. The van der Waals surface area contributed by atoms with Gasteiger partial charge in [-0.05, 0) is 18.9 Å². The van der Waals surface area contributed by atoms with Crippen LogP contribution in [0.4, 0.5) is 0 Å². The highest BCUT2D eigenvalue weighted by atomic mass is 16.6. The topological polar surface area (TPSA) is 59.7 Å². The summed E-state index contributed by atoms with van der Waals surface area (Å²) in [7, 11) is 0. The zero-order valence-corrected chi connectivity index (χ0v) is 14.6. The van der Waals surface area contributed by atoms with Crippen molar-refractivity contribution in [2.24, 2.45) is 0 Å². The van der Waals surface area contributed by atoms with Gasteiger partial charge >= 0.3 is 5.97 Å². The summed E-state index contributed by atoms with van der Waals surface area (Å²) in [5.74, 6) is 1.82. The molecule has 0 saturated carbocycles. The second-order valence-electron chi connectivity index (χ2n) is 6.12. The lowest BCUT2D eigenvalue weighted by Crippen LogP contribution is -1.96. The van der Waals surface area contributed by atoms with Crippen molar-refractivity contribution in [1.82, 2.24) is 0 Å².